The van der Waals surface area contributed by atoms with Crippen LogP contribution in [0.4, 0.5) is 0 Å². The lowest BCUT2D eigenvalue weighted by Crippen LogP contribution is -2.30. The van der Waals surface area contributed by atoms with Crippen LogP contribution in [-0.2, 0) is 26.3 Å². The first-order valence-corrected chi connectivity index (χ1v) is 12.9. The second kappa shape index (κ2) is 8.79. The maximum Gasteiger partial charge on any atom is 0.242 e. The van der Waals surface area contributed by atoms with Crippen molar-refractivity contribution in [3.63, 3.8) is 0 Å². The van der Waals surface area contributed by atoms with Crippen LogP contribution in [0.1, 0.15) is 17.2 Å². The molecule has 0 bridgehead atoms. The second-order valence-electron chi connectivity index (χ2n) is 6.64. The molecule has 0 aromatic heterocycles. The molecular formula is C21H20BrNO4S2. The zero-order valence-corrected chi connectivity index (χ0v) is 18.8. The fourth-order valence-corrected chi connectivity index (χ4v) is 5.87. The molecule has 5 nitrogen and oxygen atoms in total. The smallest absolute Gasteiger partial charge is 0.224 e. The number of benzene rings is 3. The predicted molar refractivity (Wildman–Crippen MR) is 117 cm³/mol. The Morgan fingerprint density at radius 3 is 2.03 bits per heavy atom. The molecule has 0 saturated carbocycles. The summed E-state index contributed by atoms with van der Waals surface area (Å²) in [5.41, 5.74) is 1.79. The lowest BCUT2D eigenvalue weighted by atomic mass is 10.00. The molecular weight excluding hydrogens is 474 g/mol. The van der Waals surface area contributed by atoms with Crippen molar-refractivity contribution in [2.45, 2.75) is 22.3 Å². The summed E-state index contributed by atoms with van der Waals surface area (Å²) in [5.74, 6) is 0. The molecule has 29 heavy (non-hydrogen) atoms. The largest absolute Gasteiger partial charge is 0.242 e. The molecule has 1 N–H and O–H groups in total. The van der Waals surface area contributed by atoms with E-state index >= 15 is 0 Å². The molecule has 0 radical (unpaired) electrons. The van der Waals surface area contributed by atoms with E-state index in [1.807, 2.05) is 60.7 Å². The lowest BCUT2D eigenvalue weighted by molar-refractivity contribution is 0.554. The van der Waals surface area contributed by atoms with Gasteiger partial charge in [-0.25, -0.2) is 21.6 Å². The van der Waals surface area contributed by atoms with Crippen molar-refractivity contribution in [1.82, 2.24) is 4.72 Å². The predicted octanol–water partition coefficient (Wildman–Crippen LogP) is 4.11. The van der Waals surface area contributed by atoms with Gasteiger partial charge in [-0.15, -0.1) is 0 Å². The van der Waals surface area contributed by atoms with Gasteiger partial charge in [0.15, 0.2) is 9.84 Å². The number of hydrogen-bond acceptors (Lipinski definition) is 4. The summed E-state index contributed by atoms with van der Waals surface area (Å²) >= 11 is 3.23. The van der Waals surface area contributed by atoms with Gasteiger partial charge in [0, 0.05) is 10.7 Å². The number of nitrogens with one attached hydrogen (secondary N) is 1. The molecule has 0 spiro atoms. The zero-order valence-electron chi connectivity index (χ0n) is 15.6. The lowest BCUT2D eigenvalue weighted by Gasteiger charge is -2.20. The van der Waals surface area contributed by atoms with Crippen LogP contribution in [0.15, 0.2) is 93.1 Å². The molecule has 0 amide bonds. The highest BCUT2D eigenvalue weighted by molar-refractivity contribution is 9.10. The van der Waals surface area contributed by atoms with E-state index in [0.717, 1.165) is 17.4 Å². The number of hydrogen-bond donors (Lipinski definition) is 1. The van der Waals surface area contributed by atoms with Gasteiger partial charge >= 0.3 is 0 Å². The third kappa shape index (κ3) is 5.54. The third-order valence-corrected chi connectivity index (χ3v) is 7.98. The van der Waals surface area contributed by atoms with Crippen molar-refractivity contribution in [3.8, 4) is 0 Å². The van der Waals surface area contributed by atoms with Gasteiger partial charge in [0.2, 0.25) is 10.0 Å². The van der Waals surface area contributed by atoms with Crippen LogP contribution in [0.25, 0.3) is 0 Å². The van der Waals surface area contributed by atoms with Gasteiger partial charge in [0.25, 0.3) is 0 Å². The van der Waals surface area contributed by atoms with E-state index in [2.05, 4.69) is 20.7 Å². The van der Waals surface area contributed by atoms with E-state index in [1.165, 1.54) is 18.2 Å². The summed E-state index contributed by atoms with van der Waals surface area (Å²) in [6, 6.07) is 22.3. The SMILES string of the molecule is CS(=O)(=O)c1ccc(Br)c(S(=O)(=O)NC(Cc2ccccc2)c2ccccc2)c1. The molecule has 0 fully saturated rings. The molecule has 1 atom stereocenters. The number of sulfone groups is 1. The minimum atomic E-state index is -4.00. The van der Waals surface area contributed by atoms with E-state index in [0.29, 0.717) is 10.9 Å². The van der Waals surface area contributed by atoms with Crippen LogP contribution < -0.4 is 4.72 Å². The molecule has 8 heteroatoms. The Bertz CT molecular complexity index is 1200. The second-order valence-corrected chi connectivity index (χ2v) is 11.2. The Kier molecular flexibility index (Phi) is 6.58. The summed E-state index contributed by atoms with van der Waals surface area (Å²) in [6.07, 6.45) is 1.50. The fraction of sp³-hybridized carbons (Fsp3) is 0.143. The van der Waals surface area contributed by atoms with Crippen molar-refractivity contribution in [2.24, 2.45) is 0 Å². The molecule has 0 aliphatic rings. The van der Waals surface area contributed by atoms with Crippen LogP contribution in [0.5, 0.6) is 0 Å². The van der Waals surface area contributed by atoms with Crippen molar-refractivity contribution in [3.05, 3.63) is 94.5 Å². The van der Waals surface area contributed by atoms with E-state index < -0.39 is 25.9 Å². The van der Waals surface area contributed by atoms with E-state index in [-0.39, 0.29) is 9.79 Å². The quantitative estimate of drug-likeness (QED) is 0.536. The fourth-order valence-electron chi connectivity index (χ4n) is 2.93. The van der Waals surface area contributed by atoms with E-state index in [9.17, 15) is 16.8 Å². The number of sulfonamides is 1. The summed E-state index contributed by atoms with van der Waals surface area (Å²) in [6.45, 7) is 0. The highest BCUT2D eigenvalue weighted by atomic mass is 79.9. The summed E-state index contributed by atoms with van der Waals surface area (Å²) < 4.78 is 53.1. The van der Waals surface area contributed by atoms with Gasteiger partial charge in [-0.1, -0.05) is 60.7 Å². The van der Waals surface area contributed by atoms with Crippen LogP contribution in [0.3, 0.4) is 0 Å². The van der Waals surface area contributed by atoms with E-state index in [4.69, 9.17) is 0 Å². The molecule has 1 unspecified atom stereocenters. The first kappa shape index (κ1) is 21.7. The van der Waals surface area contributed by atoms with Crippen LogP contribution in [-0.4, -0.2) is 23.1 Å². The average molecular weight is 494 g/mol. The van der Waals surface area contributed by atoms with Crippen molar-refractivity contribution in [2.75, 3.05) is 6.26 Å². The standard InChI is InChI=1S/C21H20BrNO4S2/c1-28(24,25)18-12-13-19(22)21(15-18)29(26,27)23-20(17-10-6-3-7-11-17)14-16-8-4-2-5-9-16/h2-13,15,20,23H,14H2,1H3. The molecule has 3 aromatic carbocycles. The molecule has 0 aliphatic heterocycles. The molecule has 0 aliphatic carbocycles. The monoisotopic (exact) mass is 493 g/mol. The molecule has 0 heterocycles. The Labute approximate surface area is 179 Å². The van der Waals surface area contributed by atoms with Gasteiger partial charge in [-0.3, -0.25) is 0 Å². The minimum absolute atomic E-state index is 0.0552. The average Bonchev–Trinajstić information content (AvgIpc) is 2.68. The maximum atomic E-state index is 13.2. The number of halogens is 1. The van der Waals surface area contributed by atoms with Gasteiger partial charge in [-0.2, -0.15) is 0 Å². The van der Waals surface area contributed by atoms with Crippen molar-refractivity contribution < 1.29 is 16.8 Å². The normalized spacial score (nSPS) is 13.2. The molecule has 0 saturated heterocycles. The van der Waals surface area contributed by atoms with Gasteiger partial charge in [0.05, 0.1) is 15.8 Å². The third-order valence-electron chi connectivity index (χ3n) is 4.40. The Morgan fingerprint density at radius 1 is 0.862 bits per heavy atom. The van der Waals surface area contributed by atoms with Crippen molar-refractivity contribution in [1.29, 1.82) is 0 Å². The Hall–Kier alpha value is -2.00. The summed E-state index contributed by atoms with van der Waals surface area (Å²) in [4.78, 5) is -0.171. The molecule has 152 valence electrons. The topological polar surface area (TPSA) is 80.3 Å². The minimum Gasteiger partial charge on any atom is -0.224 e. The van der Waals surface area contributed by atoms with Gasteiger partial charge in [0.1, 0.15) is 0 Å². The van der Waals surface area contributed by atoms with Crippen LogP contribution in [0.2, 0.25) is 0 Å². The summed E-state index contributed by atoms with van der Waals surface area (Å²) in [7, 11) is -7.55. The van der Waals surface area contributed by atoms with Gasteiger partial charge in [-0.05, 0) is 51.7 Å². The molecule has 3 rings (SSSR count). The maximum absolute atomic E-state index is 13.2. The van der Waals surface area contributed by atoms with Gasteiger partial charge < -0.3 is 0 Å². The highest BCUT2D eigenvalue weighted by Crippen LogP contribution is 2.28. The van der Waals surface area contributed by atoms with Crippen LogP contribution in [0, 0.1) is 0 Å². The summed E-state index contributed by atoms with van der Waals surface area (Å²) in [5, 5.41) is 0. The number of rotatable bonds is 7. The van der Waals surface area contributed by atoms with E-state index in [1.54, 1.807) is 0 Å². The van der Waals surface area contributed by atoms with Crippen molar-refractivity contribution >= 4 is 35.8 Å². The van der Waals surface area contributed by atoms with Crippen LogP contribution >= 0.6 is 15.9 Å². The first-order chi connectivity index (χ1) is 13.7. The first-order valence-electron chi connectivity index (χ1n) is 8.77. The molecule has 3 aromatic rings. The Balaban J connectivity index is 2.00. The highest BCUT2D eigenvalue weighted by Gasteiger charge is 2.25. The zero-order chi connectivity index (χ0) is 21.1. The Morgan fingerprint density at radius 2 is 1.45 bits per heavy atom.